The Morgan fingerprint density at radius 2 is 0.229 bits per heavy atom. The van der Waals surface area contributed by atoms with Crippen LogP contribution in [0.4, 0.5) is 0 Å². The summed E-state index contributed by atoms with van der Waals surface area (Å²) in [5, 5.41) is 0. The van der Waals surface area contributed by atoms with Gasteiger partial charge in [-0.2, -0.15) is 0 Å². The van der Waals surface area contributed by atoms with Crippen LogP contribution in [0.25, 0.3) is 0 Å². The van der Waals surface area contributed by atoms with Crippen molar-refractivity contribution in [3.8, 4) is 0 Å². The van der Waals surface area contributed by atoms with E-state index >= 15 is 0 Å². The molecule has 0 radical (unpaired) electrons. The van der Waals surface area contributed by atoms with Crippen molar-refractivity contribution in [2.45, 2.75) is 229 Å². The summed E-state index contributed by atoms with van der Waals surface area (Å²) in [7, 11) is -19.6. The van der Waals surface area contributed by atoms with E-state index in [-0.39, 0.29) is 0 Å². The summed E-state index contributed by atoms with van der Waals surface area (Å²) in [5.41, 5.74) is 0. The van der Waals surface area contributed by atoms with Crippen LogP contribution in [0, 0.1) is 0 Å². The van der Waals surface area contributed by atoms with E-state index in [0.29, 0.717) is 0 Å². The molecular formula is C40H120O15Si15. The van der Waals surface area contributed by atoms with Crippen LogP contribution in [-0.2, 0) is 63.3 Å². The van der Waals surface area contributed by atoms with Crippen molar-refractivity contribution in [1.82, 2.24) is 0 Å². The molecule has 0 saturated carbocycles. The van der Waals surface area contributed by atoms with E-state index < -0.39 is 127 Å². The zero-order valence-corrected chi connectivity index (χ0v) is 68.6. The highest BCUT2D eigenvalue weighted by Gasteiger charge is 2.46. The van der Waals surface area contributed by atoms with Crippen LogP contribution in [0.15, 0.2) is 0 Å². The minimum Gasteiger partial charge on any atom is -0.437 e. The van der Waals surface area contributed by atoms with Crippen LogP contribution in [0.5, 0.6) is 0 Å². The summed E-state index contributed by atoms with van der Waals surface area (Å²) >= 11 is 0. The van der Waals surface area contributed by atoms with Gasteiger partial charge in [0.05, 0.1) is 0 Å². The van der Waals surface area contributed by atoms with Gasteiger partial charge >= 0.3 is 85.6 Å². The van der Waals surface area contributed by atoms with Crippen LogP contribution in [0.2, 0.25) is 229 Å². The van der Waals surface area contributed by atoms with Gasteiger partial charge in [-0.05, 0) is 229 Å². The molecule has 0 aromatic rings. The third-order valence-corrected chi connectivity index (χ3v) is 54.2. The monoisotopic (exact) mass is 1260 g/mol. The van der Waals surface area contributed by atoms with Crippen molar-refractivity contribution in [2.75, 3.05) is 35.5 Å². The molecule has 0 aromatic carbocycles. The molecule has 0 amide bonds. The predicted molar refractivity (Wildman–Crippen MR) is 337 cm³/mol. The van der Waals surface area contributed by atoms with Gasteiger partial charge in [0.15, 0.2) is 41.6 Å². The van der Waals surface area contributed by atoms with Crippen LogP contribution >= 0.6 is 0 Å². The van der Waals surface area contributed by atoms with Crippen molar-refractivity contribution >= 4 is 127 Å². The van der Waals surface area contributed by atoms with Crippen molar-refractivity contribution in [2.24, 2.45) is 0 Å². The maximum absolute atomic E-state index is 6.38. The maximum Gasteiger partial charge on any atom is 0.322 e. The molecule has 0 saturated heterocycles. The normalized spacial score (nSPS) is 14.6. The highest BCUT2D eigenvalue weighted by Crippen LogP contribution is 2.27. The first kappa shape index (κ1) is 81.5. The first-order valence-electron chi connectivity index (χ1n) is 24.6. The molecule has 0 aromatic heterocycles. The summed E-state index contributed by atoms with van der Waals surface area (Å²) in [6.07, 6.45) is 0. The molecule has 0 N–H and O–H groups in total. The molecule has 15 nitrogen and oxygen atoms in total. The predicted octanol–water partition coefficient (Wildman–Crippen LogP) is 14.5. The minimum absolute atomic E-state index is 1.13. The maximum atomic E-state index is 6.38. The number of rotatable bonds is 25. The van der Waals surface area contributed by atoms with E-state index in [0.717, 1.165) is 0 Å². The number of hydrogen-bond donors (Lipinski definition) is 0. The van der Waals surface area contributed by atoms with Gasteiger partial charge < -0.3 is 63.3 Å². The van der Waals surface area contributed by atoms with E-state index in [9.17, 15) is 0 Å². The lowest BCUT2D eigenvalue weighted by Crippen LogP contribution is -2.58. The Bertz CT molecular complexity index is 1420. The van der Waals surface area contributed by atoms with E-state index in [1.54, 1.807) is 35.5 Å². The molecule has 0 rings (SSSR count). The summed E-state index contributed by atoms with van der Waals surface area (Å²) < 4.78 is 88.4. The van der Waals surface area contributed by atoms with Crippen LogP contribution in [-0.4, -0.2) is 163 Å². The van der Waals surface area contributed by atoms with Crippen molar-refractivity contribution in [3.63, 3.8) is 0 Å². The molecule has 0 spiro atoms. The second-order valence-corrected chi connectivity index (χ2v) is 85.9. The molecule has 30 heteroatoms. The summed E-state index contributed by atoms with van der Waals surface area (Å²) in [4.78, 5) is 0. The molecule has 0 aliphatic rings. The molecular weight excluding hydrogens is 1140 g/mol. The van der Waals surface area contributed by atoms with Gasteiger partial charge in [0.1, 0.15) is 0 Å². The average molecular weight is 1260 g/mol. The second-order valence-electron chi connectivity index (χ2n) is 26.6. The lowest BCUT2D eigenvalue weighted by molar-refractivity contribution is 0.258. The Balaban J connectivity index is -0.000000265. The first-order chi connectivity index (χ1) is 29.9. The second kappa shape index (κ2) is 30.9. The Kier molecular flexibility index (Phi) is 35.9. The fourth-order valence-corrected chi connectivity index (χ4v) is 63.4. The summed E-state index contributed by atoms with van der Waals surface area (Å²) in [6, 6.07) is 0. The molecule has 0 aliphatic carbocycles. The van der Waals surface area contributed by atoms with Gasteiger partial charge in [-0.3, -0.25) is 0 Å². The fraction of sp³-hybridized carbons (Fsp3) is 1.00. The zero-order chi connectivity index (χ0) is 58.1. The quantitative estimate of drug-likeness (QED) is 0.0801. The summed E-state index contributed by atoms with van der Waals surface area (Å²) in [5.74, 6) is 0. The topological polar surface area (TPSA) is 138 Å². The Morgan fingerprint density at radius 3 is 0.329 bits per heavy atom. The van der Waals surface area contributed by atoms with Gasteiger partial charge in [-0.15, -0.1) is 0 Å². The molecule has 0 fully saturated rings. The van der Waals surface area contributed by atoms with Gasteiger partial charge in [0.2, 0.25) is 0 Å². The third-order valence-electron chi connectivity index (χ3n) is 7.74. The standard InChI is InChI=1S/C12H36O5Si5.C10H30O4Si4.C8H24O3Si3.C6H18O2Si2.C4H12OSi/c1-13-19(5,6)15-21(9,10)17-22(11,12)16-20(7,8)14-18(2,3)4;1-11-16(5,6)13-18(9,10)14-17(7,8)12-15(2,3)4;1-9-13(5,6)11-14(7,8)10-12(2,3)4;1-7-10(5,6)8-9(2,3)4;1-5-6(2,3)4/h1-12H3;1-10H3;1-8H3;1-6H3;1-4H3. The van der Waals surface area contributed by atoms with Crippen molar-refractivity contribution in [3.05, 3.63) is 0 Å². The van der Waals surface area contributed by atoms with Crippen LogP contribution in [0.1, 0.15) is 0 Å². The number of hydrogen-bond acceptors (Lipinski definition) is 15. The molecule has 70 heavy (non-hydrogen) atoms. The first-order valence-corrected chi connectivity index (χ1v) is 69.9. The van der Waals surface area contributed by atoms with Crippen LogP contribution < -0.4 is 0 Å². The molecule has 0 atom stereocenters. The molecule has 430 valence electrons. The fourth-order valence-electron chi connectivity index (χ4n) is 6.79. The highest BCUT2D eigenvalue weighted by atomic mass is 28.5. The van der Waals surface area contributed by atoms with Crippen molar-refractivity contribution in [1.29, 1.82) is 0 Å². The Morgan fingerprint density at radius 1 is 0.129 bits per heavy atom. The summed E-state index contributed by atoms with van der Waals surface area (Å²) in [6.45, 7) is 74.2. The molecule has 0 bridgehead atoms. The van der Waals surface area contributed by atoms with E-state index in [1.807, 2.05) is 26.2 Å². The van der Waals surface area contributed by atoms with Crippen molar-refractivity contribution < 1.29 is 63.3 Å². The molecule has 0 aliphatic heterocycles. The minimum atomic E-state index is -2.32. The van der Waals surface area contributed by atoms with Gasteiger partial charge in [0, 0.05) is 35.5 Å². The van der Waals surface area contributed by atoms with E-state index in [4.69, 9.17) is 63.3 Å². The van der Waals surface area contributed by atoms with Gasteiger partial charge in [0.25, 0.3) is 0 Å². The SMILES string of the molecule is CO[Si](C)(C)C.CO[Si](C)(C)O[Si](C)(C)C.CO[Si](C)(C)O[Si](C)(C)O[Si](C)(C)C.CO[Si](C)(C)O[Si](C)(C)O[Si](C)(C)O[Si](C)(C)C.CO[Si](C)(C)O[Si](C)(C)O[Si](C)(C)O[Si](C)(C)O[Si](C)(C)C. The zero-order valence-electron chi connectivity index (χ0n) is 53.6. The van der Waals surface area contributed by atoms with Gasteiger partial charge in [-0.25, -0.2) is 0 Å². The van der Waals surface area contributed by atoms with E-state index in [2.05, 4.69) is 203 Å². The van der Waals surface area contributed by atoms with Crippen LogP contribution in [0.3, 0.4) is 0 Å². The Labute approximate surface area is 451 Å². The highest BCUT2D eigenvalue weighted by molar-refractivity contribution is 6.91. The average Bonchev–Trinajstić information content (AvgIpc) is 2.97. The van der Waals surface area contributed by atoms with Gasteiger partial charge in [-0.1, -0.05) is 0 Å². The molecule has 0 unspecified atom stereocenters. The lowest BCUT2D eigenvalue weighted by Gasteiger charge is -2.41. The Hall–Kier alpha value is 2.65. The van der Waals surface area contributed by atoms with E-state index in [1.165, 1.54) is 0 Å². The third kappa shape index (κ3) is 56.8. The smallest absolute Gasteiger partial charge is 0.322 e. The largest absolute Gasteiger partial charge is 0.437 e. The molecule has 0 heterocycles. The lowest BCUT2D eigenvalue weighted by atomic mass is 11.8.